The number of rotatable bonds is 2. The van der Waals surface area contributed by atoms with Gasteiger partial charge in [0.1, 0.15) is 5.82 Å². The Bertz CT molecular complexity index is 424. The van der Waals surface area contributed by atoms with Gasteiger partial charge in [0.15, 0.2) is 0 Å². The van der Waals surface area contributed by atoms with Crippen molar-refractivity contribution in [3.05, 3.63) is 23.9 Å². The molecule has 0 aromatic carbocycles. The summed E-state index contributed by atoms with van der Waals surface area (Å²) in [5.41, 5.74) is -0.744. The second-order valence-electron chi connectivity index (χ2n) is 4.51. The summed E-state index contributed by atoms with van der Waals surface area (Å²) in [6.45, 7) is 2.95. The number of anilines is 1. The van der Waals surface area contributed by atoms with Crippen molar-refractivity contribution < 1.29 is 17.9 Å². The van der Waals surface area contributed by atoms with Crippen LogP contribution in [-0.4, -0.2) is 36.2 Å². The van der Waals surface area contributed by atoms with Crippen molar-refractivity contribution in [2.45, 2.75) is 25.2 Å². The molecule has 0 amide bonds. The van der Waals surface area contributed by atoms with E-state index in [-0.39, 0.29) is 12.1 Å². The van der Waals surface area contributed by atoms with Crippen molar-refractivity contribution in [1.29, 1.82) is 0 Å². The Hall–Kier alpha value is -1.01. The molecule has 1 fully saturated rings. The van der Waals surface area contributed by atoms with Crippen LogP contribution in [0.4, 0.5) is 19.0 Å². The second kappa shape index (κ2) is 5.54. The average Bonchev–Trinajstić information content (AvgIpc) is 2.38. The number of pyridine rings is 1. The molecule has 19 heavy (non-hydrogen) atoms. The van der Waals surface area contributed by atoms with Crippen LogP contribution in [0.3, 0.4) is 0 Å². The predicted molar refractivity (Wildman–Crippen MR) is 66.5 cm³/mol. The number of morpholine rings is 1. The molecule has 0 aliphatic carbocycles. The number of ether oxygens (including phenoxy) is 1. The minimum Gasteiger partial charge on any atom is -0.373 e. The fraction of sp³-hybridized carbons (Fsp3) is 0.583. The van der Waals surface area contributed by atoms with E-state index in [1.807, 2.05) is 11.8 Å². The molecule has 0 radical (unpaired) electrons. The zero-order chi connectivity index (χ0) is 14.0. The largest absolute Gasteiger partial charge is 0.417 e. The van der Waals surface area contributed by atoms with Crippen molar-refractivity contribution >= 4 is 17.4 Å². The van der Waals surface area contributed by atoms with E-state index in [9.17, 15) is 13.2 Å². The molecule has 0 N–H and O–H groups in total. The topological polar surface area (TPSA) is 25.4 Å². The van der Waals surface area contributed by atoms with Gasteiger partial charge >= 0.3 is 6.18 Å². The van der Waals surface area contributed by atoms with Crippen molar-refractivity contribution in [2.75, 3.05) is 23.9 Å². The van der Waals surface area contributed by atoms with E-state index in [1.165, 1.54) is 6.07 Å². The summed E-state index contributed by atoms with van der Waals surface area (Å²) >= 11 is 5.75. The summed E-state index contributed by atoms with van der Waals surface area (Å²) in [6, 6.07) is 2.49. The van der Waals surface area contributed by atoms with Crippen LogP contribution in [0.15, 0.2) is 18.3 Å². The van der Waals surface area contributed by atoms with Crippen LogP contribution in [-0.2, 0) is 10.9 Å². The molecule has 0 bridgehead atoms. The monoisotopic (exact) mass is 294 g/mol. The first-order valence-electron chi connectivity index (χ1n) is 5.89. The minimum atomic E-state index is -4.36. The zero-order valence-electron chi connectivity index (χ0n) is 10.3. The molecule has 1 aromatic heterocycles. The molecule has 1 saturated heterocycles. The van der Waals surface area contributed by atoms with Gasteiger partial charge in [0.2, 0.25) is 0 Å². The van der Waals surface area contributed by atoms with E-state index < -0.39 is 11.7 Å². The molecule has 3 nitrogen and oxygen atoms in total. The third-order valence-electron chi connectivity index (χ3n) is 3.05. The Kier molecular flexibility index (Phi) is 4.20. The van der Waals surface area contributed by atoms with Crippen LogP contribution in [0, 0.1) is 0 Å². The van der Waals surface area contributed by atoms with E-state index in [0.717, 1.165) is 12.3 Å². The van der Waals surface area contributed by atoms with Gasteiger partial charge in [-0.1, -0.05) is 0 Å². The normalized spacial score (nSPS) is 24.6. The van der Waals surface area contributed by atoms with Crippen molar-refractivity contribution in [3.8, 4) is 0 Å². The van der Waals surface area contributed by atoms with E-state index in [0.29, 0.717) is 24.8 Å². The fourth-order valence-corrected chi connectivity index (χ4v) is 2.14. The number of hydrogen-bond donors (Lipinski definition) is 0. The predicted octanol–water partition coefficient (Wildman–Crippen LogP) is 2.93. The molecule has 1 aromatic rings. The highest BCUT2D eigenvalue weighted by Crippen LogP contribution is 2.30. The Balaban J connectivity index is 2.16. The maximum atomic E-state index is 12.5. The highest BCUT2D eigenvalue weighted by Gasteiger charge is 2.32. The third kappa shape index (κ3) is 3.30. The standard InChI is InChI=1S/C12H14ClF3N2O/c1-8-7-19-10(4-13)6-18(8)11-3-2-9(5-17-11)12(14,15)16/h2-3,5,8,10H,4,6-7H2,1H3. The van der Waals surface area contributed by atoms with Crippen LogP contribution in [0.2, 0.25) is 0 Å². The number of halogens is 4. The Morgan fingerprint density at radius 3 is 2.74 bits per heavy atom. The zero-order valence-corrected chi connectivity index (χ0v) is 11.1. The second-order valence-corrected chi connectivity index (χ2v) is 4.82. The van der Waals surface area contributed by atoms with Gasteiger partial charge in [-0.15, -0.1) is 11.6 Å². The lowest BCUT2D eigenvalue weighted by molar-refractivity contribution is -0.137. The first-order chi connectivity index (χ1) is 8.91. The Morgan fingerprint density at radius 2 is 2.21 bits per heavy atom. The van der Waals surface area contributed by atoms with E-state index in [1.54, 1.807) is 0 Å². The van der Waals surface area contributed by atoms with Gasteiger partial charge < -0.3 is 9.64 Å². The summed E-state index contributed by atoms with van der Waals surface area (Å²) in [7, 11) is 0. The van der Waals surface area contributed by atoms with Gasteiger partial charge in [-0.25, -0.2) is 4.98 Å². The summed E-state index contributed by atoms with van der Waals surface area (Å²) in [5, 5.41) is 0. The fourth-order valence-electron chi connectivity index (χ4n) is 1.95. The van der Waals surface area contributed by atoms with Crippen molar-refractivity contribution in [2.24, 2.45) is 0 Å². The Labute approximate surface area is 114 Å². The lowest BCUT2D eigenvalue weighted by Crippen LogP contribution is -2.49. The van der Waals surface area contributed by atoms with Crippen LogP contribution < -0.4 is 4.90 Å². The lowest BCUT2D eigenvalue weighted by Gasteiger charge is -2.38. The smallest absolute Gasteiger partial charge is 0.373 e. The molecule has 0 spiro atoms. The SMILES string of the molecule is CC1COC(CCl)CN1c1ccc(C(F)(F)F)cn1. The summed E-state index contributed by atoms with van der Waals surface area (Å²) in [5.74, 6) is 0.864. The number of alkyl halides is 4. The molecule has 2 rings (SSSR count). The molecule has 7 heteroatoms. The van der Waals surface area contributed by atoms with Gasteiger partial charge in [-0.3, -0.25) is 0 Å². The summed E-state index contributed by atoms with van der Waals surface area (Å²) in [4.78, 5) is 5.81. The maximum absolute atomic E-state index is 12.5. The molecule has 0 saturated carbocycles. The molecule has 106 valence electrons. The molecule has 2 unspecified atom stereocenters. The molecular weight excluding hydrogens is 281 g/mol. The van der Waals surface area contributed by atoms with Crippen LogP contribution >= 0.6 is 11.6 Å². The van der Waals surface area contributed by atoms with Gasteiger partial charge in [-0.05, 0) is 19.1 Å². The van der Waals surface area contributed by atoms with Crippen LogP contribution in [0.5, 0.6) is 0 Å². The first-order valence-corrected chi connectivity index (χ1v) is 6.42. The van der Waals surface area contributed by atoms with Crippen LogP contribution in [0.1, 0.15) is 12.5 Å². The molecule has 2 atom stereocenters. The number of hydrogen-bond acceptors (Lipinski definition) is 3. The number of nitrogens with zero attached hydrogens (tertiary/aromatic N) is 2. The summed E-state index contributed by atoms with van der Waals surface area (Å²) < 4.78 is 42.9. The van der Waals surface area contributed by atoms with Gasteiger partial charge in [0, 0.05) is 12.7 Å². The quantitative estimate of drug-likeness (QED) is 0.784. The van der Waals surface area contributed by atoms with Gasteiger partial charge in [0.25, 0.3) is 0 Å². The van der Waals surface area contributed by atoms with E-state index in [4.69, 9.17) is 16.3 Å². The highest BCUT2D eigenvalue weighted by molar-refractivity contribution is 6.18. The third-order valence-corrected chi connectivity index (χ3v) is 3.39. The molecule has 1 aliphatic heterocycles. The van der Waals surface area contributed by atoms with E-state index >= 15 is 0 Å². The molecule has 2 heterocycles. The first kappa shape index (κ1) is 14.4. The minimum absolute atomic E-state index is 0.0590. The number of aromatic nitrogens is 1. The van der Waals surface area contributed by atoms with Crippen molar-refractivity contribution in [1.82, 2.24) is 4.98 Å². The van der Waals surface area contributed by atoms with Gasteiger partial charge in [-0.2, -0.15) is 13.2 Å². The Morgan fingerprint density at radius 1 is 1.47 bits per heavy atom. The van der Waals surface area contributed by atoms with Gasteiger partial charge in [0.05, 0.1) is 30.2 Å². The summed E-state index contributed by atoms with van der Waals surface area (Å²) in [6.07, 6.45) is -3.63. The molecule has 1 aliphatic rings. The van der Waals surface area contributed by atoms with Crippen molar-refractivity contribution in [3.63, 3.8) is 0 Å². The molecular formula is C12H14ClF3N2O. The maximum Gasteiger partial charge on any atom is 0.417 e. The van der Waals surface area contributed by atoms with E-state index in [2.05, 4.69) is 4.98 Å². The average molecular weight is 295 g/mol. The van der Waals surface area contributed by atoms with Crippen LogP contribution in [0.25, 0.3) is 0 Å². The highest BCUT2D eigenvalue weighted by atomic mass is 35.5. The lowest BCUT2D eigenvalue weighted by atomic mass is 10.2.